The zero-order valence-corrected chi connectivity index (χ0v) is 16.2. The molecule has 2 aromatic carbocycles. The van der Waals surface area contributed by atoms with Crippen LogP contribution in [0.15, 0.2) is 54.7 Å². The molecule has 1 saturated heterocycles. The zero-order chi connectivity index (χ0) is 19.3. The molecule has 5 heteroatoms. The van der Waals surface area contributed by atoms with E-state index >= 15 is 0 Å². The quantitative estimate of drug-likeness (QED) is 0.664. The number of ether oxygens (including phenoxy) is 1. The van der Waals surface area contributed by atoms with Crippen molar-refractivity contribution >= 4 is 16.6 Å². The van der Waals surface area contributed by atoms with Crippen LogP contribution in [0, 0.1) is 5.82 Å². The number of anilines is 1. The number of para-hydroxylation sites is 1. The number of nitrogens with zero attached hydrogens (tertiary/aromatic N) is 2. The average molecular weight is 379 g/mol. The molecule has 4 rings (SSSR count). The number of likely N-dealkylation sites (tertiary alicyclic amines) is 1. The maximum absolute atomic E-state index is 13.7. The van der Waals surface area contributed by atoms with E-state index in [0.29, 0.717) is 18.4 Å². The molecule has 0 bridgehead atoms. The van der Waals surface area contributed by atoms with Crippen molar-refractivity contribution in [2.45, 2.75) is 32.4 Å². The van der Waals surface area contributed by atoms with Crippen LogP contribution in [0.2, 0.25) is 0 Å². The van der Waals surface area contributed by atoms with Gasteiger partial charge in [-0.2, -0.15) is 0 Å². The van der Waals surface area contributed by atoms with Crippen LogP contribution in [0.5, 0.6) is 5.75 Å². The SMILES string of the molecule is CCOc1cc(CN2CCC(Nc3cnc4ccccc4c3)CC2)ccc1F. The van der Waals surface area contributed by atoms with Crippen molar-refractivity contribution in [3.8, 4) is 5.75 Å². The van der Waals surface area contributed by atoms with Crippen LogP contribution in [0.3, 0.4) is 0 Å². The van der Waals surface area contributed by atoms with Crippen molar-refractivity contribution in [3.05, 3.63) is 66.1 Å². The Bertz CT molecular complexity index is 938. The first kappa shape index (κ1) is 18.7. The van der Waals surface area contributed by atoms with Gasteiger partial charge in [-0.05, 0) is 49.6 Å². The summed E-state index contributed by atoms with van der Waals surface area (Å²) in [7, 11) is 0. The first-order valence-electron chi connectivity index (χ1n) is 9.96. The molecule has 1 aliphatic heterocycles. The zero-order valence-electron chi connectivity index (χ0n) is 16.2. The molecule has 0 amide bonds. The van der Waals surface area contributed by atoms with Crippen LogP contribution < -0.4 is 10.1 Å². The fourth-order valence-corrected chi connectivity index (χ4v) is 3.79. The van der Waals surface area contributed by atoms with Gasteiger partial charge in [-0.15, -0.1) is 0 Å². The third-order valence-electron chi connectivity index (χ3n) is 5.25. The van der Waals surface area contributed by atoms with Gasteiger partial charge in [0.1, 0.15) is 0 Å². The maximum Gasteiger partial charge on any atom is 0.165 e. The van der Waals surface area contributed by atoms with Crippen LogP contribution in [0.1, 0.15) is 25.3 Å². The second-order valence-electron chi connectivity index (χ2n) is 7.31. The van der Waals surface area contributed by atoms with Crippen molar-refractivity contribution in [3.63, 3.8) is 0 Å². The summed E-state index contributed by atoms with van der Waals surface area (Å²) < 4.78 is 19.1. The normalized spacial score (nSPS) is 15.6. The predicted octanol–water partition coefficient (Wildman–Crippen LogP) is 4.85. The van der Waals surface area contributed by atoms with Gasteiger partial charge in [0, 0.05) is 31.1 Å². The molecule has 1 aromatic heterocycles. The number of hydrogen-bond acceptors (Lipinski definition) is 4. The fourth-order valence-electron chi connectivity index (χ4n) is 3.79. The molecule has 0 radical (unpaired) electrons. The Morgan fingerprint density at radius 2 is 1.96 bits per heavy atom. The summed E-state index contributed by atoms with van der Waals surface area (Å²) in [6, 6.07) is 16.0. The lowest BCUT2D eigenvalue weighted by atomic mass is 10.0. The largest absolute Gasteiger partial charge is 0.491 e. The van der Waals surface area contributed by atoms with Crippen molar-refractivity contribution in [2.75, 3.05) is 25.0 Å². The first-order chi connectivity index (χ1) is 13.7. The van der Waals surface area contributed by atoms with Crippen LogP contribution in [-0.4, -0.2) is 35.6 Å². The molecule has 1 fully saturated rings. The van der Waals surface area contributed by atoms with E-state index in [0.717, 1.165) is 54.6 Å². The van der Waals surface area contributed by atoms with E-state index in [1.165, 1.54) is 6.07 Å². The van der Waals surface area contributed by atoms with Gasteiger partial charge >= 0.3 is 0 Å². The van der Waals surface area contributed by atoms with Crippen LogP contribution in [-0.2, 0) is 6.54 Å². The molecule has 3 aromatic rings. The van der Waals surface area contributed by atoms with Gasteiger partial charge in [0.15, 0.2) is 11.6 Å². The van der Waals surface area contributed by atoms with Gasteiger partial charge in [-0.3, -0.25) is 9.88 Å². The summed E-state index contributed by atoms with van der Waals surface area (Å²) in [4.78, 5) is 6.95. The molecule has 0 saturated carbocycles. The van der Waals surface area contributed by atoms with Crippen molar-refractivity contribution in [2.24, 2.45) is 0 Å². The second kappa shape index (κ2) is 8.57. The number of fused-ring (bicyclic) bond motifs is 1. The smallest absolute Gasteiger partial charge is 0.165 e. The molecular formula is C23H26FN3O. The van der Waals surface area contributed by atoms with Crippen molar-refractivity contribution in [1.82, 2.24) is 9.88 Å². The molecule has 2 heterocycles. The Labute approximate surface area is 165 Å². The van der Waals surface area contributed by atoms with E-state index in [9.17, 15) is 4.39 Å². The standard InChI is InChI=1S/C23H26FN3O/c1-2-28-23-13-17(7-8-21(23)24)16-27-11-9-19(10-12-27)26-20-14-18-5-3-4-6-22(18)25-15-20/h3-8,13-15,19,26H,2,9-12,16H2,1H3. The van der Waals surface area contributed by atoms with Crippen LogP contribution >= 0.6 is 0 Å². The Balaban J connectivity index is 1.32. The molecule has 1 N–H and O–H groups in total. The van der Waals surface area contributed by atoms with Gasteiger partial charge in [-0.25, -0.2) is 4.39 Å². The number of rotatable bonds is 6. The van der Waals surface area contributed by atoms with E-state index in [1.54, 1.807) is 0 Å². The van der Waals surface area contributed by atoms with E-state index in [4.69, 9.17) is 4.74 Å². The minimum Gasteiger partial charge on any atom is -0.491 e. The second-order valence-corrected chi connectivity index (χ2v) is 7.31. The molecule has 0 atom stereocenters. The predicted molar refractivity (Wildman–Crippen MR) is 111 cm³/mol. The third kappa shape index (κ3) is 4.42. The summed E-state index contributed by atoms with van der Waals surface area (Å²) in [5, 5.41) is 4.79. The monoisotopic (exact) mass is 379 g/mol. The summed E-state index contributed by atoms with van der Waals surface area (Å²) in [6.07, 6.45) is 4.07. The number of pyridine rings is 1. The molecule has 4 nitrogen and oxygen atoms in total. The van der Waals surface area contributed by atoms with Gasteiger partial charge in [0.05, 0.1) is 24.0 Å². The number of piperidine rings is 1. The van der Waals surface area contributed by atoms with Gasteiger partial charge < -0.3 is 10.1 Å². The lowest BCUT2D eigenvalue weighted by Gasteiger charge is -2.33. The fraction of sp³-hybridized carbons (Fsp3) is 0.348. The Morgan fingerprint density at radius 1 is 1.14 bits per heavy atom. The van der Waals surface area contributed by atoms with Crippen LogP contribution in [0.25, 0.3) is 10.9 Å². The number of halogens is 1. The lowest BCUT2D eigenvalue weighted by molar-refractivity contribution is 0.211. The van der Waals surface area contributed by atoms with E-state index < -0.39 is 0 Å². The van der Waals surface area contributed by atoms with Gasteiger partial charge in [-0.1, -0.05) is 24.3 Å². The Morgan fingerprint density at radius 3 is 2.79 bits per heavy atom. The molecule has 0 spiro atoms. The van der Waals surface area contributed by atoms with Crippen molar-refractivity contribution in [1.29, 1.82) is 0 Å². The summed E-state index contributed by atoms with van der Waals surface area (Å²) in [5.41, 5.74) is 3.20. The number of hydrogen-bond donors (Lipinski definition) is 1. The van der Waals surface area contributed by atoms with Gasteiger partial charge in [0.25, 0.3) is 0 Å². The highest BCUT2D eigenvalue weighted by atomic mass is 19.1. The lowest BCUT2D eigenvalue weighted by Crippen LogP contribution is -2.38. The molecular weight excluding hydrogens is 353 g/mol. The van der Waals surface area contributed by atoms with Crippen molar-refractivity contribution < 1.29 is 9.13 Å². The number of aromatic nitrogens is 1. The maximum atomic E-state index is 13.7. The Hall–Kier alpha value is -2.66. The highest BCUT2D eigenvalue weighted by Gasteiger charge is 2.19. The minimum atomic E-state index is -0.294. The van der Waals surface area contributed by atoms with Gasteiger partial charge in [0.2, 0.25) is 0 Å². The minimum absolute atomic E-state index is 0.294. The first-order valence-corrected chi connectivity index (χ1v) is 9.96. The molecule has 0 unspecified atom stereocenters. The number of nitrogens with one attached hydrogen (secondary N) is 1. The molecule has 28 heavy (non-hydrogen) atoms. The van der Waals surface area contributed by atoms with E-state index in [1.807, 2.05) is 43.5 Å². The van der Waals surface area contributed by atoms with E-state index in [2.05, 4.69) is 27.3 Å². The average Bonchev–Trinajstić information content (AvgIpc) is 2.72. The third-order valence-corrected chi connectivity index (χ3v) is 5.25. The highest BCUT2D eigenvalue weighted by Crippen LogP contribution is 2.23. The Kier molecular flexibility index (Phi) is 5.72. The summed E-state index contributed by atoms with van der Waals surface area (Å²) in [6.45, 7) is 5.20. The topological polar surface area (TPSA) is 37.4 Å². The molecule has 1 aliphatic rings. The highest BCUT2D eigenvalue weighted by molar-refractivity contribution is 5.81. The molecule has 146 valence electrons. The van der Waals surface area contributed by atoms with E-state index in [-0.39, 0.29) is 5.82 Å². The molecule has 0 aliphatic carbocycles. The number of benzene rings is 2. The van der Waals surface area contributed by atoms with Crippen LogP contribution in [0.4, 0.5) is 10.1 Å². The summed E-state index contributed by atoms with van der Waals surface area (Å²) >= 11 is 0. The summed E-state index contributed by atoms with van der Waals surface area (Å²) in [5.74, 6) is 0.0536.